The molecule has 2 rings (SSSR count). The third-order valence-corrected chi connectivity index (χ3v) is 3.60. The fraction of sp³-hybridized carbons (Fsp3) is 0.417. The number of nitrogens with one attached hydrogen (secondary N) is 2. The lowest BCUT2D eigenvalue weighted by atomic mass is 10.2. The molecule has 1 fully saturated rings. The second-order valence-electron chi connectivity index (χ2n) is 4.22. The molecule has 0 spiro atoms. The summed E-state index contributed by atoms with van der Waals surface area (Å²) in [5, 5.41) is 5.99. The van der Waals surface area contributed by atoms with E-state index in [4.69, 9.17) is 23.8 Å². The third-order valence-electron chi connectivity index (χ3n) is 2.88. The summed E-state index contributed by atoms with van der Waals surface area (Å²) in [6.45, 7) is 0.568. The van der Waals surface area contributed by atoms with Gasteiger partial charge in [-0.3, -0.25) is 0 Å². The molecule has 0 bridgehead atoms. The first-order chi connectivity index (χ1) is 8.58. The Balaban J connectivity index is 1.91. The predicted octanol–water partition coefficient (Wildman–Crippen LogP) is 2.60. The third kappa shape index (κ3) is 3.16. The Hall–Kier alpha value is -0.780. The molecule has 0 unspecified atom stereocenters. The van der Waals surface area contributed by atoms with E-state index >= 15 is 0 Å². The van der Waals surface area contributed by atoms with Gasteiger partial charge in [-0.05, 0) is 6.07 Å². The maximum Gasteiger partial charge on any atom is 0.146 e. The van der Waals surface area contributed by atoms with Crippen molar-refractivity contribution in [2.24, 2.45) is 0 Å². The lowest BCUT2D eigenvalue weighted by Crippen LogP contribution is -2.38. The second-order valence-corrected chi connectivity index (χ2v) is 5.07. The fourth-order valence-corrected chi connectivity index (χ4v) is 2.33. The van der Waals surface area contributed by atoms with E-state index in [0.717, 1.165) is 0 Å². The Kier molecular flexibility index (Phi) is 4.48. The minimum absolute atomic E-state index is 0.0861. The average Bonchev–Trinajstić information content (AvgIpc) is 2.77. The zero-order valence-electron chi connectivity index (χ0n) is 9.55. The minimum atomic E-state index is -0.863. The van der Waals surface area contributed by atoms with Gasteiger partial charge in [-0.1, -0.05) is 36.0 Å². The van der Waals surface area contributed by atoms with Crippen molar-refractivity contribution in [3.05, 3.63) is 34.6 Å². The van der Waals surface area contributed by atoms with Crippen LogP contribution in [0.3, 0.4) is 0 Å². The predicted molar refractivity (Wildman–Crippen MR) is 72.2 cm³/mol. The van der Waals surface area contributed by atoms with E-state index < -0.39 is 12.0 Å². The number of hydrogen-bond acceptors (Lipinski definition) is 2. The van der Waals surface area contributed by atoms with Crippen LogP contribution in [-0.2, 0) is 6.54 Å². The molecule has 0 aromatic heterocycles. The Morgan fingerprint density at radius 3 is 3.00 bits per heavy atom. The number of benzene rings is 1. The van der Waals surface area contributed by atoms with Crippen LogP contribution < -0.4 is 10.6 Å². The molecule has 1 aliphatic rings. The standard InChI is InChI=1S/C12H13ClF2N2S/c13-9-3-1-2-7(11(9)15)5-17-12(18)10-4-8(14)6-16-10/h1-3,8,10,16H,4-6H2,(H,17,18)/t8-,10+/m1/s1. The van der Waals surface area contributed by atoms with Crippen molar-refractivity contribution in [1.82, 2.24) is 10.6 Å². The molecule has 18 heavy (non-hydrogen) atoms. The monoisotopic (exact) mass is 290 g/mol. The van der Waals surface area contributed by atoms with Gasteiger partial charge >= 0.3 is 0 Å². The Morgan fingerprint density at radius 1 is 1.56 bits per heavy atom. The molecule has 98 valence electrons. The van der Waals surface area contributed by atoms with Crippen LogP contribution in [0.5, 0.6) is 0 Å². The van der Waals surface area contributed by atoms with Crippen LogP contribution in [-0.4, -0.2) is 23.7 Å². The van der Waals surface area contributed by atoms with E-state index in [1.807, 2.05) is 0 Å². The quantitative estimate of drug-likeness (QED) is 0.837. The number of rotatable bonds is 3. The first kappa shape index (κ1) is 13.6. The molecule has 0 saturated carbocycles. The SMILES string of the molecule is Fc1c(Cl)cccc1CNC(=S)[C@@H]1C[C@@H](F)CN1. The highest BCUT2D eigenvalue weighted by Gasteiger charge is 2.26. The Morgan fingerprint density at radius 2 is 2.33 bits per heavy atom. The van der Waals surface area contributed by atoms with Gasteiger partial charge in [-0.15, -0.1) is 0 Å². The van der Waals surface area contributed by atoms with Crippen molar-refractivity contribution >= 4 is 28.8 Å². The first-order valence-electron chi connectivity index (χ1n) is 5.66. The molecule has 0 amide bonds. The highest BCUT2D eigenvalue weighted by atomic mass is 35.5. The van der Waals surface area contributed by atoms with E-state index in [0.29, 0.717) is 23.5 Å². The number of halogens is 3. The summed E-state index contributed by atoms with van der Waals surface area (Å²) in [6, 6.07) is 4.64. The maximum atomic E-state index is 13.6. The molecule has 1 aromatic rings. The van der Waals surface area contributed by atoms with Gasteiger partial charge in [0.2, 0.25) is 0 Å². The van der Waals surface area contributed by atoms with Crippen LogP contribution in [0.4, 0.5) is 8.78 Å². The highest BCUT2D eigenvalue weighted by molar-refractivity contribution is 7.80. The van der Waals surface area contributed by atoms with Crippen molar-refractivity contribution in [1.29, 1.82) is 0 Å². The van der Waals surface area contributed by atoms with E-state index in [1.54, 1.807) is 12.1 Å². The highest BCUT2D eigenvalue weighted by Crippen LogP contribution is 2.18. The molecule has 0 radical (unpaired) electrons. The molecule has 2 atom stereocenters. The van der Waals surface area contributed by atoms with Crippen LogP contribution in [0.25, 0.3) is 0 Å². The van der Waals surface area contributed by atoms with Gasteiger partial charge in [0.05, 0.1) is 16.1 Å². The minimum Gasteiger partial charge on any atom is -0.374 e. The largest absolute Gasteiger partial charge is 0.374 e. The first-order valence-corrected chi connectivity index (χ1v) is 6.44. The van der Waals surface area contributed by atoms with Crippen LogP contribution in [0, 0.1) is 5.82 Å². The van der Waals surface area contributed by atoms with Gasteiger partial charge in [0.25, 0.3) is 0 Å². The van der Waals surface area contributed by atoms with Crippen LogP contribution in [0.2, 0.25) is 5.02 Å². The summed E-state index contributed by atoms with van der Waals surface area (Å²) in [5.74, 6) is -0.447. The molecule has 6 heteroatoms. The van der Waals surface area contributed by atoms with Crippen molar-refractivity contribution in [2.75, 3.05) is 6.54 Å². The lowest BCUT2D eigenvalue weighted by Gasteiger charge is -2.14. The smallest absolute Gasteiger partial charge is 0.146 e. The molecular formula is C12H13ClF2N2S. The molecule has 1 heterocycles. The van der Waals surface area contributed by atoms with Crippen LogP contribution >= 0.6 is 23.8 Å². The molecule has 1 saturated heterocycles. The summed E-state index contributed by atoms with van der Waals surface area (Å²) < 4.78 is 26.6. The van der Waals surface area contributed by atoms with Gasteiger partial charge in [0.15, 0.2) is 0 Å². The summed E-state index contributed by atoms with van der Waals surface area (Å²) in [5.41, 5.74) is 0.444. The average molecular weight is 291 g/mol. The fourth-order valence-electron chi connectivity index (χ4n) is 1.88. The van der Waals surface area contributed by atoms with Crippen molar-refractivity contribution in [3.8, 4) is 0 Å². The van der Waals surface area contributed by atoms with E-state index in [9.17, 15) is 8.78 Å². The molecule has 0 aliphatic carbocycles. The Bertz CT molecular complexity index is 456. The van der Waals surface area contributed by atoms with Crippen LogP contribution in [0.15, 0.2) is 18.2 Å². The number of hydrogen-bond donors (Lipinski definition) is 2. The lowest BCUT2D eigenvalue weighted by molar-refractivity contribution is 0.359. The van der Waals surface area contributed by atoms with Gasteiger partial charge in [-0.2, -0.15) is 0 Å². The van der Waals surface area contributed by atoms with Crippen molar-refractivity contribution in [2.45, 2.75) is 25.2 Å². The molecule has 2 nitrogen and oxygen atoms in total. The van der Waals surface area contributed by atoms with Crippen LogP contribution in [0.1, 0.15) is 12.0 Å². The van der Waals surface area contributed by atoms with Crippen molar-refractivity contribution in [3.63, 3.8) is 0 Å². The molecular weight excluding hydrogens is 278 g/mol. The normalized spacial score (nSPS) is 23.1. The van der Waals surface area contributed by atoms with Gasteiger partial charge in [-0.25, -0.2) is 8.78 Å². The summed E-state index contributed by atoms with van der Waals surface area (Å²) in [6.07, 6.45) is -0.498. The molecule has 1 aromatic carbocycles. The van der Waals surface area contributed by atoms with E-state index in [-0.39, 0.29) is 17.6 Å². The molecule has 1 aliphatic heterocycles. The topological polar surface area (TPSA) is 24.1 Å². The Labute approximate surface area is 115 Å². The van der Waals surface area contributed by atoms with Gasteiger partial charge in [0, 0.05) is 25.1 Å². The zero-order chi connectivity index (χ0) is 13.1. The van der Waals surface area contributed by atoms with Gasteiger partial charge in [0.1, 0.15) is 12.0 Å². The van der Waals surface area contributed by atoms with E-state index in [2.05, 4.69) is 10.6 Å². The summed E-state index contributed by atoms with van der Waals surface area (Å²) >= 11 is 10.8. The van der Waals surface area contributed by atoms with Gasteiger partial charge < -0.3 is 10.6 Å². The molecule has 2 N–H and O–H groups in total. The second kappa shape index (κ2) is 5.91. The van der Waals surface area contributed by atoms with Crippen molar-refractivity contribution < 1.29 is 8.78 Å². The summed E-state index contributed by atoms with van der Waals surface area (Å²) in [7, 11) is 0. The maximum absolute atomic E-state index is 13.6. The summed E-state index contributed by atoms with van der Waals surface area (Å²) in [4.78, 5) is 0.509. The zero-order valence-corrected chi connectivity index (χ0v) is 11.1. The van der Waals surface area contributed by atoms with E-state index in [1.165, 1.54) is 6.07 Å². The number of thiocarbonyl (C=S) groups is 1. The number of alkyl halides is 1.